The minimum atomic E-state index is -1.11. The van der Waals surface area contributed by atoms with Crippen molar-refractivity contribution in [3.8, 4) is 0 Å². The topological polar surface area (TPSA) is 106 Å². The molecule has 5 nitrogen and oxygen atoms in total. The predicted molar refractivity (Wildman–Crippen MR) is 34.0 cm³/mol. The number of carboxylic acids is 1. The van der Waals surface area contributed by atoms with Crippen LogP contribution in [0.1, 0.15) is 12.8 Å². The molecule has 0 rings (SSSR count). The zero-order chi connectivity index (χ0) is 8.15. The van der Waals surface area contributed by atoms with Crippen LogP contribution in [0.2, 0.25) is 0 Å². The van der Waals surface area contributed by atoms with Crippen LogP contribution in [0.4, 0.5) is 0 Å². The van der Waals surface area contributed by atoms with Crippen molar-refractivity contribution in [2.45, 2.75) is 18.9 Å². The van der Waals surface area contributed by atoms with Crippen LogP contribution in [-0.2, 0) is 32.0 Å². The molecule has 5 N–H and O–H groups in total. The molecule has 1 amide bonds. The van der Waals surface area contributed by atoms with Gasteiger partial charge in [-0.25, -0.2) is 0 Å². The maximum Gasteiger partial charge on any atom is 0.320 e. The van der Waals surface area contributed by atoms with Crippen molar-refractivity contribution in [3.63, 3.8) is 0 Å². The molecule has 0 aliphatic heterocycles. The normalized spacial score (nSPS) is 11.4. The molecule has 0 unspecified atom stereocenters. The van der Waals surface area contributed by atoms with E-state index < -0.39 is 17.9 Å². The van der Waals surface area contributed by atoms with Gasteiger partial charge >= 0.3 is 5.97 Å². The zero-order valence-electron chi connectivity index (χ0n) is 5.71. The molecule has 0 saturated heterocycles. The maximum atomic E-state index is 10.1. The summed E-state index contributed by atoms with van der Waals surface area (Å²) in [6.07, 6.45) is 0.123. The summed E-state index contributed by atoms with van der Waals surface area (Å²) in [6.45, 7) is 0. The molecule has 11 heavy (non-hydrogen) atoms. The van der Waals surface area contributed by atoms with Gasteiger partial charge in [0.25, 0.3) is 0 Å². The largest absolute Gasteiger partial charge is 0.480 e. The number of hydrogen-bond donors (Lipinski definition) is 3. The summed E-state index contributed by atoms with van der Waals surface area (Å²) in [5, 5.41) is 8.22. The van der Waals surface area contributed by atoms with Crippen molar-refractivity contribution in [3.05, 3.63) is 0 Å². The van der Waals surface area contributed by atoms with Crippen LogP contribution in [0.3, 0.4) is 0 Å². The van der Waals surface area contributed by atoms with Gasteiger partial charge in [-0.1, -0.05) is 0 Å². The molecule has 0 aromatic carbocycles. The first-order valence-electron chi connectivity index (χ1n) is 2.80. The van der Waals surface area contributed by atoms with E-state index >= 15 is 0 Å². The van der Waals surface area contributed by atoms with Crippen LogP contribution in [0.5, 0.6) is 0 Å². The van der Waals surface area contributed by atoms with Gasteiger partial charge in [0.05, 0.1) is 0 Å². The third kappa shape index (κ3) is 7.54. The number of rotatable bonds is 4. The monoisotopic (exact) mass is 253 g/mol. The van der Waals surface area contributed by atoms with Gasteiger partial charge < -0.3 is 16.6 Å². The van der Waals surface area contributed by atoms with E-state index in [2.05, 4.69) is 0 Å². The number of carboxylic acid groups (broad SMARTS) is 1. The Morgan fingerprint density at radius 3 is 2.18 bits per heavy atom. The fourth-order valence-corrected chi connectivity index (χ4v) is 0.421. The maximum absolute atomic E-state index is 10.1. The van der Waals surface area contributed by atoms with Gasteiger partial charge in [-0.3, -0.25) is 9.59 Å². The first-order valence-corrected chi connectivity index (χ1v) is 2.80. The van der Waals surface area contributed by atoms with E-state index in [9.17, 15) is 9.59 Å². The summed E-state index contributed by atoms with van der Waals surface area (Å²) in [5.74, 6) is -1.64. The van der Waals surface area contributed by atoms with E-state index in [1.165, 1.54) is 0 Å². The van der Waals surface area contributed by atoms with E-state index in [1.807, 2.05) is 0 Å². The molecule has 0 aliphatic rings. The van der Waals surface area contributed by atoms with Gasteiger partial charge in [0.1, 0.15) is 6.04 Å². The van der Waals surface area contributed by atoms with Crippen molar-refractivity contribution in [1.29, 1.82) is 0 Å². The fraction of sp³-hybridized carbons (Fsp3) is 0.600. The Bertz CT molecular complexity index is 151. The number of primary amides is 1. The number of nitrogens with two attached hydrogens (primary N) is 2. The Balaban J connectivity index is 0. The number of hydrogen-bond acceptors (Lipinski definition) is 3. The molecule has 0 aromatic rings. The van der Waals surface area contributed by atoms with Crippen LogP contribution in [0, 0.1) is 0 Å². The fourth-order valence-electron chi connectivity index (χ4n) is 0.421. The zero-order valence-corrected chi connectivity index (χ0v) is 7.19. The Morgan fingerprint density at radius 1 is 1.45 bits per heavy atom. The second kappa shape index (κ2) is 6.36. The van der Waals surface area contributed by atoms with Crippen molar-refractivity contribution in [2.75, 3.05) is 0 Å². The van der Waals surface area contributed by atoms with Crippen LogP contribution < -0.4 is 11.5 Å². The summed E-state index contributed by atoms with van der Waals surface area (Å²) in [6, 6.07) is -0.979. The predicted octanol–water partition coefficient (Wildman–Crippen LogP) is -1.34. The van der Waals surface area contributed by atoms with Crippen LogP contribution in [0.25, 0.3) is 0 Å². The van der Waals surface area contributed by atoms with Crippen molar-refractivity contribution >= 4 is 11.9 Å². The minimum Gasteiger partial charge on any atom is -0.480 e. The smallest absolute Gasteiger partial charge is 0.320 e. The SMILES string of the molecule is NC(=O)CC[C@H](N)C(=O)O.[Ag]. The van der Waals surface area contributed by atoms with Gasteiger partial charge in [-0.15, -0.1) is 0 Å². The molecular formula is C5H10AgN2O3. The van der Waals surface area contributed by atoms with E-state index in [1.54, 1.807) is 0 Å². The number of carbonyl (C=O) groups is 2. The van der Waals surface area contributed by atoms with Crippen LogP contribution >= 0.6 is 0 Å². The Morgan fingerprint density at radius 2 is 1.91 bits per heavy atom. The van der Waals surface area contributed by atoms with Crippen molar-refractivity contribution in [2.24, 2.45) is 11.5 Å². The van der Waals surface area contributed by atoms with E-state index in [-0.39, 0.29) is 35.2 Å². The number of aliphatic carboxylic acids is 1. The molecule has 0 heterocycles. The summed E-state index contributed by atoms with van der Waals surface area (Å²) < 4.78 is 0. The van der Waals surface area contributed by atoms with Gasteiger partial charge in [0.15, 0.2) is 0 Å². The number of carbonyl (C=O) groups excluding carboxylic acids is 1. The summed E-state index contributed by atoms with van der Waals surface area (Å²) in [4.78, 5) is 20.1. The molecule has 0 spiro atoms. The first kappa shape index (κ1) is 13.2. The van der Waals surface area contributed by atoms with E-state index in [0.717, 1.165) is 0 Å². The summed E-state index contributed by atoms with van der Waals surface area (Å²) in [7, 11) is 0. The molecule has 0 fully saturated rings. The number of amides is 1. The molecule has 0 saturated carbocycles. The Kier molecular flexibility index (Phi) is 7.65. The Labute approximate surface area is 79.6 Å². The van der Waals surface area contributed by atoms with Crippen molar-refractivity contribution in [1.82, 2.24) is 0 Å². The van der Waals surface area contributed by atoms with Crippen LogP contribution in [0.15, 0.2) is 0 Å². The van der Waals surface area contributed by atoms with Gasteiger partial charge in [0.2, 0.25) is 5.91 Å². The average Bonchev–Trinajstić information content (AvgIpc) is 1.82. The van der Waals surface area contributed by atoms with Crippen LogP contribution in [-0.4, -0.2) is 23.0 Å². The molecule has 0 aliphatic carbocycles. The van der Waals surface area contributed by atoms with E-state index in [4.69, 9.17) is 16.6 Å². The molecule has 69 valence electrons. The summed E-state index contributed by atoms with van der Waals surface area (Å²) >= 11 is 0. The second-order valence-corrected chi connectivity index (χ2v) is 1.95. The Hall–Kier alpha value is -0.360. The van der Waals surface area contributed by atoms with Crippen molar-refractivity contribution < 1.29 is 37.1 Å². The quantitative estimate of drug-likeness (QED) is 0.540. The second-order valence-electron chi connectivity index (χ2n) is 1.95. The van der Waals surface area contributed by atoms with E-state index in [0.29, 0.717) is 0 Å². The third-order valence-electron chi connectivity index (χ3n) is 1.02. The molecule has 1 atom stereocenters. The molecule has 0 aromatic heterocycles. The molecular weight excluding hydrogens is 244 g/mol. The molecule has 6 heteroatoms. The van der Waals surface area contributed by atoms with Gasteiger partial charge in [-0.05, 0) is 6.42 Å². The molecule has 1 radical (unpaired) electrons. The minimum absolute atomic E-state index is 0. The average molecular weight is 254 g/mol. The van der Waals surface area contributed by atoms with Gasteiger partial charge in [-0.2, -0.15) is 0 Å². The summed E-state index contributed by atoms with van der Waals surface area (Å²) in [5.41, 5.74) is 9.81. The standard InChI is InChI=1S/C5H10N2O3.Ag/c6-3(5(9)10)1-2-4(7)8;/h3H,1-2,6H2,(H2,7,8)(H,9,10);/t3-;/m0./s1. The third-order valence-corrected chi connectivity index (χ3v) is 1.02. The van der Waals surface area contributed by atoms with Gasteiger partial charge in [0, 0.05) is 28.8 Å². The molecule has 0 bridgehead atoms. The first-order chi connectivity index (χ1) is 4.54.